The van der Waals surface area contributed by atoms with E-state index in [1.165, 1.54) is 25.3 Å². The number of benzene rings is 2. The van der Waals surface area contributed by atoms with Gasteiger partial charge in [0.2, 0.25) is 0 Å². The molecule has 0 aliphatic heterocycles. The van der Waals surface area contributed by atoms with E-state index < -0.39 is 17.4 Å². The van der Waals surface area contributed by atoms with Crippen LogP contribution >= 0.6 is 0 Å². The zero-order chi connectivity index (χ0) is 26.2. The first-order valence-electron chi connectivity index (χ1n) is 11.8. The highest BCUT2D eigenvalue weighted by Crippen LogP contribution is 2.46. The van der Waals surface area contributed by atoms with Crippen LogP contribution in [0.15, 0.2) is 67.1 Å². The molecule has 4 aromatic rings. The predicted octanol–water partition coefficient (Wildman–Crippen LogP) is 3.43. The molecule has 0 unspecified atom stereocenters. The summed E-state index contributed by atoms with van der Waals surface area (Å²) in [5.74, 6) is -2.74. The molecule has 1 fully saturated rings. The minimum Gasteiger partial charge on any atom is -0.481 e. The molecular formula is C27H24FN5O4. The molecule has 2 aromatic heterocycles. The van der Waals surface area contributed by atoms with Gasteiger partial charge in [0, 0.05) is 23.7 Å². The number of fused-ring (bicyclic) bond motifs is 1. The summed E-state index contributed by atoms with van der Waals surface area (Å²) in [7, 11) is 0. The lowest BCUT2D eigenvalue weighted by Crippen LogP contribution is -2.35. The third kappa shape index (κ3) is 4.77. The molecule has 1 atom stereocenters. The number of nitrogens with zero attached hydrogens (tertiary/aromatic N) is 3. The maximum absolute atomic E-state index is 13.4. The summed E-state index contributed by atoms with van der Waals surface area (Å²) in [6, 6.07) is 12.8. The zero-order valence-electron chi connectivity index (χ0n) is 19.9. The second-order valence-electron chi connectivity index (χ2n) is 9.22. The van der Waals surface area contributed by atoms with E-state index in [4.69, 9.17) is 5.11 Å². The molecule has 0 saturated heterocycles. The Morgan fingerprint density at radius 3 is 2.54 bits per heavy atom. The van der Waals surface area contributed by atoms with E-state index in [1.807, 2.05) is 6.07 Å². The van der Waals surface area contributed by atoms with Gasteiger partial charge in [0.1, 0.15) is 5.82 Å². The minimum absolute atomic E-state index is 0.0167. The first-order valence-corrected chi connectivity index (χ1v) is 11.8. The Morgan fingerprint density at radius 1 is 1.08 bits per heavy atom. The van der Waals surface area contributed by atoms with Gasteiger partial charge in [-0.05, 0) is 54.8 Å². The average Bonchev–Trinajstić information content (AvgIpc) is 3.56. The molecule has 2 heterocycles. The number of halogens is 1. The van der Waals surface area contributed by atoms with Gasteiger partial charge in [0.25, 0.3) is 11.8 Å². The van der Waals surface area contributed by atoms with Crippen molar-refractivity contribution in [3.8, 4) is 5.69 Å². The van der Waals surface area contributed by atoms with Gasteiger partial charge in [-0.15, -0.1) is 0 Å². The Bertz CT molecular complexity index is 1510. The van der Waals surface area contributed by atoms with Crippen LogP contribution in [-0.4, -0.2) is 44.2 Å². The monoisotopic (exact) mass is 501 g/mol. The second-order valence-corrected chi connectivity index (χ2v) is 9.22. The summed E-state index contributed by atoms with van der Waals surface area (Å²) in [6.07, 6.45) is 6.08. The normalized spacial score (nSPS) is 14.6. The van der Waals surface area contributed by atoms with Crippen molar-refractivity contribution in [3.05, 3.63) is 89.6 Å². The molecule has 2 aromatic carbocycles. The van der Waals surface area contributed by atoms with Crippen molar-refractivity contribution in [2.75, 3.05) is 6.54 Å². The largest absolute Gasteiger partial charge is 0.481 e. The molecule has 37 heavy (non-hydrogen) atoms. The number of aliphatic carboxylic acids is 1. The van der Waals surface area contributed by atoms with Gasteiger partial charge in [0.05, 0.1) is 40.6 Å². The molecule has 1 aliphatic rings. The van der Waals surface area contributed by atoms with Crippen LogP contribution in [0.4, 0.5) is 4.39 Å². The summed E-state index contributed by atoms with van der Waals surface area (Å²) < 4.78 is 14.9. The lowest BCUT2D eigenvalue weighted by Gasteiger charge is -2.19. The first kappa shape index (κ1) is 24.1. The number of carboxylic acid groups (broad SMARTS) is 1. The molecule has 9 nitrogen and oxygen atoms in total. The van der Waals surface area contributed by atoms with Crippen molar-refractivity contribution in [3.63, 3.8) is 0 Å². The number of carbonyl (C=O) groups excluding carboxylic acids is 2. The van der Waals surface area contributed by atoms with Crippen LogP contribution in [0.3, 0.4) is 0 Å². The van der Waals surface area contributed by atoms with Crippen molar-refractivity contribution in [1.29, 1.82) is 0 Å². The fraction of sp³-hybridized carbons (Fsp3) is 0.222. The molecule has 1 saturated carbocycles. The van der Waals surface area contributed by atoms with E-state index in [-0.39, 0.29) is 24.2 Å². The minimum atomic E-state index is -0.985. The van der Waals surface area contributed by atoms with E-state index in [0.717, 1.165) is 5.56 Å². The molecule has 0 radical (unpaired) electrons. The summed E-state index contributed by atoms with van der Waals surface area (Å²) in [5, 5.41) is 19.7. The van der Waals surface area contributed by atoms with Gasteiger partial charge in [-0.3, -0.25) is 19.4 Å². The Kier molecular flexibility index (Phi) is 6.16. The molecule has 188 valence electrons. The standard InChI is InChI=1S/C27H24FN5O4/c1-16(26(36)37)12-30-24(34)17-3-2-4-18(11-17)27(9-10-27)32-25(35)22-13-29-15-23-21(22)14-31-33(23)20-7-5-19(28)6-8-20/h2-8,11,13-16H,9-10,12H2,1H3,(H,30,34)(H,32,35)(H,36,37)/t16-/m0/s1. The lowest BCUT2D eigenvalue weighted by molar-refractivity contribution is -0.140. The topological polar surface area (TPSA) is 126 Å². The van der Waals surface area contributed by atoms with E-state index in [2.05, 4.69) is 20.7 Å². The highest BCUT2D eigenvalue weighted by Gasteiger charge is 2.46. The number of aromatic nitrogens is 3. The Hall–Kier alpha value is -4.60. The molecular weight excluding hydrogens is 477 g/mol. The number of nitrogens with one attached hydrogen (secondary N) is 2. The van der Waals surface area contributed by atoms with Crippen LogP contribution in [0.25, 0.3) is 16.6 Å². The van der Waals surface area contributed by atoms with Crippen LogP contribution in [0.1, 0.15) is 46.0 Å². The Balaban J connectivity index is 1.36. The molecule has 0 spiro atoms. The fourth-order valence-electron chi connectivity index (χ4n) is 4.20. The van der Waals surface area contributed by atoms with Crippen molar-refractivity contribution in [2.45, 2.75) is 25.3 Å². The lowest BCUT2D eigenvalue weighted by atomic mass is 10.0. The van der Waals surface area contributed by atoms with Crippen LogP contribution in [0.5, 0.6) is 0 Å². The third-order valence-electron chi connectivity index (χ3n) is 6.58. The van der Waals surface area contributed by atoms with E-state index in [9.17, 15) is 18.8 Å². The average molecular weight is 502 g/mol. The molecule has 0 bridgehead atoms. The zero-order valence-corrected chi connectivity index (χ0v) is 19.9. The van der Waals surface area contributed by atoms with Crippen molar-refractivity contribution >= 4 is 28.7 Å². The molecule has 10 heteroatoms. The molecule has 1 aliphatic carbocycles. The molecule has 2 amide bonds. The smallest absolute Gasteiger partial charge is 0.308 e. The van der Waals surface area contributed by atoms with Gasteiger partial charge in [-0.1, -0.05) is 19.1 Å². The highest BCUT2D eigenvalue weighted by atomic mass is 19.1. The third-order valence-corrected chi connectivity index (χ3v) is 6.58. The van der Waals surface area contributed by atoms with Crippen molar-refractivity contribution in [1.82, 2.24) is 25.4 Å². The second kappa shape index (κ2) is 9.45. The quantitative estimate of drug-likeness (QED) is 0.340. The van der Waals surface area contributed by atoms with Crippen molar-refractivity contribution in [2.24, 2.45) is 5.92 Å². The maximum Gasteiger partial charge on any atom is 0.308 e. The maximum atomic E-state index is 13.4. The molecule has 5 rings (SSSR count). The SMILES string of the molecule is C[C@@H](CNC(=O)c1cccc(C2(NC(=O)c3cncc4c3cnn4-c3ccc(F)cc3)CC2)c1)C(=O)O. The van der Waals surface area contributed by atoms with Gasteiger partial charge in [-0.2, -0.15) is 5.10 Å². The highest BCUT2D eigenvalue weighted by molar-refractivity contribution is 6.06. The number of pyridine rings is 1. The summed E-state index contributed by atoms with van der Waals surface area (Å²) in [6.45, 7) is 1.54. The van der Waals surface area contributed by atoms with Crippen LogP contribution in [0.2, 0.25) is 0 Å². The van der Waals surface area contributed by atoms with Gasteiger partial charge >= 0.3 is 5.97 Å². The summed E-state index contributed by atoms with van der Waals surface area (Å²) in [4.78, 5) is 41.2. The number of hydrogen-bond acceptors (Lipinski definition) is 5. The Labute approximate surface area is 211 Å². The fourth-order valence-corrected chi connectivity index (χ4v) is 4.20. The van der Waals surface area contributed by atoms with E-state index in [1.54, 1.807) is 47.4 Å². The van der Waals surface area contributed by atoms with E-state index >= 15 is 0 Å². The predicted molar refractivity (Wildman–Crippen MR) is 133 cm³/mol. The number of amides is 2. The van der Waals surface area contributed by atoms with Gasteiger partial charge in [-0.25, -0.2) is 9.07 Å². The number of carbonyl (C=O) groups is 3. The van der Waals surface area contributed by atoms with Gasteiger partial charge in [0.15, 0.2) is 0 Å². The molecule has 3 N–H and O–H groups in total. The summed E-state index contributed by atoms with van der Waals surface area (Å²) in [5.41, 5.74) is 2.17. The van der Waals surface area contributed by atoms with E-state index in [0.29, 0.717) is 40.6 Å². The van der Waals surface area contributed by atoms with Crippen LogP contribution in [0, 0.1) is 11.7 Å². The van der Waals surface area contributed by atoms with Gasteiger partial charge < -0.3 is 15.7 Å². The first-order chi connectivity index (χ1) is 17.8. The van der Waals surface area contributed by atoms with Crippen molar-refractivity contribution < 1.29 is 23.9 Å². The summed E-state index contributed by atoms with van der Waals surface area (Å²) >= 11 is 0. The Morgan fingerprint density at radius 2 is 1.84 bits per heavy atom. The van der Waals surface area contributed by atoms with Crippen LogP contribution < -0.4 is 10.6 Å². The number of hydrogen-bond donors (Lipinski definition) is 3. The number of carboxylic acids is 1. The number of rotatable bonds is 8. The van der Waals surface area contributed by atoms with Crippen LogP contribution in [-0.2, 0) is 10.3 Å².